The van der Waals surface area contributed by atoms with Crippen molar-refractivity contribution in [3.05, 3.63) is 54.6 Å². The molecule has 5 heteroatoms. The van der Waals surface area contributed by atoms with E-state index in [9.17, 15) is 0 Å². The van der Waals surface area contributed by atoms with Crippen LogP contribution in [0.4, 0.5) is 5.82 Å². The second-order valence-corrected chi connectivity index (χ2v) is 4.84. The van der Waals surface area contributed by atoms with E-state index in [1.807, 2.05) is 30.3 Å². The predicted octanol–water partition coefficient (Wildman–Crippen LogP) is 2.86. The van der Waals surface area contributed by atoms with Gasteiger partial charge in [-0.25, -0.2) is 14.6 Å². The van der Waals surface area contributed by atoms with E-state index in [0.29, 0.717) is 5.82 Å². The number of nitrogens with two attached hydrogens (primary N) is 1. The van der Waals surface area contributed by atoms with E-state index in [-0.39, 0.29) is 0 Å². The summed E-state index contributed by atoms with van der Waals surface area (Å²) in [4.78, 5) is 8.15. The van der Waals surface area contributed by atoms with Crippen molar-refractivity contribution >= 4 is 5.82 Å². The predicted molar refractivity (Wildman–Crippen MR) is 83.0 cm³/mol. The van der Waals surface area contributed by atoms with Crippen LogP contribution in [0.15, 0.2) is 49.1 Å². The van der Waals surface area contributed by atoms with Crippen molar-refractivity contribution in [2.24, 2.45) is 0 Å². The Labute approximate surface area is 123 Å². The minimum atomic E-state index is 0.682. The highest BCUT2D eigenvalue weighted by molar-refractivity contribution is 5.68. The number of benzene rings is 1. The third-order valence-corrected chi connectivity index (χ3v) is 3.36. The maximum atomic E-state index is 6.32. The van der Waals surface area contributed by atoms with Crippen molar-refractivity contribution in [3.63, 3.8) is 0 Å². The van der Waals surface area contributed by atoms with Crippen LogP contribution in [0.25, 0.3) is 16.9 Å². The molecule has 0 spiro atoms. The monoisotopic (exact) mass is 279 g/mol. The Hall–Kier alpha value is -2.69. The highest BCUT2D eigenvalue weighted by Gasteiger charge is 2.17. The summed E-state index contributed by atoms with van der Waals surface area (Å²) in [6, 6.07) is 9.90. The molecular formula is C16H17N5. The Kier molecular flexibility index (Phi) is 3.64. The van der Waals surface area contributed by atoms with E-state index in [1.54, 1.807) is 17.1 Å². The zero-order valence-corrected chi connectivity index (χ0v) is 11.9. The Morgan fingerprint density at radius 3 is 2.48 bits per heavy atom. The molecule has 0 amide bonds. The molecule has 3 aromatic rings. The summed E-state index contributed by atoms with van der Waals surface area (Å²) >= 11 is 0. The first-order valence-electron chi connectivity index (χ1n) is 6.99. The average Bonchev–Trinajstić information content (AvgIpc) is 2.87. The molecule has 106 valence electrons. The Balaban J connectivity index is 2.16. The van der Waals surface area contributed by atoms with Gasteiger partial charge in [-0.1, -0.05) is 31.5 Å². The van der Waals surface area contributed by atoms with Gasteiger partial charge in [-0.2, -0.15) is 5.10 Å². The van der Waals surface area contributed by atoms with Crippen molar-refractivity contribution in [1.29, 1.82) is 0 Å². The molecule has 0 saturated carbocycles. The van der Waals surface area contributed by atoms with Crippen molar-refractivity contribution in [1.82, 2.24) is 19.7 Å². The smallest absolute Gasteiger partial charge is 0.131 e. The topological polar surface area (TPSA) is 69.6 Å². The van der Waals surface area contributed by atoms with Crippen LogP contribution < -0.4 is 5.73 Å². The molecule has 2 N–H and O–H groups in total. The van der Waals surface area contributed by atoms with Gasteiger partial charge in [-0.05, 0) is 18.6 Å². The second-order valence-electron chi connectivity index (χ2n) is 4.84. The van der Waals surface area contributed by atoms with Gasteiger partial charge in [0, 0.05) is 23.5 Å². The molecule has 0 fully saturated rings. The van der Waals surface area contributed by atoms with Crippen LogP contribution in [0.2, 0.25) is 0 Å². The van der Waals surface area contributed by atoms with Crippen molar-refractivity contribution in [2.75, 3.05) is 5.73 Å². The van der Waals surface area contributed by atoms with Gasteiger partial charge in [-0.3, -0.25) is 0 Å². The number of anilines is 1. The highest BCUT2D eigenvalue weighted by atomic mass is 15.3. The Bertz CT molecular complexity index is 719. The molecule has 0 aliphatic heterocycles. The van der Waals surface area contributed by atoms with Crippen LogP contribution in [-0.2, 0) is 6.42 Å². The summed E-state index contributed by atoms with van der Waals surface area (Å²) < 4.78 is 1.79. The first-order chi connectivity index (χ1) is 10.3. The number of para-hydroxylation sites is 1. The van der Waals surface area contributed by atoms with Crippen LogP contribution in [0.1, 0.15) is 18.9 Å². The van der Waals surface area contributed by atoms with E-state index < -0.39 is 0 Å². The maximum Gasteiger partial charge on any atom is 0.131 e. The fourth-order valence-corrected chi connectivity index (χ4v) is 2.38. The van der Waals surface area contributed by atoms with Crippen LogP contribution in [0.5, 0.6) is 0 Å². The maximum absolute atomic E-state index is 6.32. The van der Waals surface area contributed by atoms with Gasteiger partial charge in [-0.15, -0.1) is 0 Å². The molecule has 0 unspecified atom stereocenters. The summed E-state index contributed by atoms with van der Waals surface area (Å²) in [5, 5.41) is 4.68. The third-order valence-electron chi connectivity index (χ3n) is 3.36. The van der Waals surface area contributed by atoms with E-state index in [4.69, 9.17) is 5.73 Å². The average molecular weight is 279 g/mol. The van der Waals surface area contributed by atoms with E-state index in [0.717, 1.165) is 35.3 Å². The van der Waals surface area contributed by atoms with Crippen LogP contribution >= 0.6 is 0 Å². The van der Waals surface area contributed by atoms with E-state index in [1.165, 1.54) is 6.33 Å². The third kappa shape index (κ3) is 2.50. The molecule has 0 saturated heterocycles. The fourth-order valence-electron chi connectivity index (χ4n) is 2.38. The lowest BCUT2D eigenvalue weighted by atomic mass is 10.1. The molecular weight excluding hydrogens is 262 g/mol. The minimum absolute atomic E-state index is 0.682. The summed E-state index contributed by atoms with van der Waals surface area (Å²) in [6.07, 6.45) is 6.93. The Morgan fingerprint density at radius 2 is 1.81 bits per heavy atom. The number of nitrogen functional groups attached to an aromatic ring is 1. The number of hydrogen-bond donors (Lipinski definition) is 1. The SMILES string of the molecule is CCCc1c(-c2cncnc2)nn(-c2ccccc2)c1N. The molecule has 1 aromatic carbocycles. The minimum Gasteiger partial charge on any atom is -0.383 e. The largest absolute Gasteiger partial charge is 0.383 e. The van der Waals surface area contributed by atoms with Crippen molar-refractivity contribution < 1.29 is 0 Å². The van der Waals surface area contributed by atoms with Gasteiger partial charge in [0.25, 0.3) is 0 Å². The number of nitrogens with zero attached hydrogens (tertiary/aromatic N) is 4. The lowest BCUT2D eigenvalue weighted by Crippen LogP contribution is -2.02. The molecule has 0 aliphatic rings. The van der Waals surface area contributed by atoms with Gasteiger partial charge >= 0.3 is 0 Å². The van der Waals surface area contributed by atoms with E-state index in [2.05, 4.69) is 22.0 Å². The van der Waals surface area contributed by atoms with Gasteiger partial charge < -0.3 is 5.73 Å². The summed E-state index contributed by atoms with van der Waals surface area (Å²) in [7, 11) is 0. The molecule has 3 rings (SSSR count). The molecule has 5 nitrogen and oxygen atoms in total. The number of hydrogen-bond acceptors (Lipinski definition) is 4. The molecule has 2 aromatic heterocycles. The molecule has 2 heterocycles. The molecule has 0 radical (unpaired) electrons. The van der Waals surface area contributed by atoms with E-state index >= 15 is 0 Å². The molecule has 21 heavy (non-hydrogen) atoms. The normalized spacial score (nSPS) is 10.7. The number of rotatable bonds is 4. The standard InChI is InChI=1S/C16H17N5/c1-2-6-14-15(12-9-18-11-19-10-12)20-21(16(14)17)13-7-4-3-5-8-13/h3-5,7-11H,2,6,17H2,1H3. The van der Waals surface area contributed by atoms with Gasteiger partial charge in [0.1, 0.15) is 17.8 Å². The Morgan fingerprint density at radius 1 is 1.10 bits per heavy atom. The van der Waals surface area contributed by atoms with Crippen molar-refractivity contribution in [2.45, 2.75) is 19.8 Å². The fraction of sp³-hybridized carbons (Fsp3) is 0.188. The lowest BCUT2D eigenvalue weighted by molar-refractivity contribution is 0.891. The zero-order valence-electron chi connectivity index (χ0n) is 11.9. The second kappa shape index (κ2) is 5.75. The summed E-state index contributed by atoms with van der Waals surface area (Å²) in [6.45, 7) is 2.13. The first-order valence-corrected chi connectivity index (χ1v) is 6.99. The highest BCUT2D eigenvalue weighted by Crippen LogP contribution is 2.29. The lowest BCUT2D eigenvalue weighted by Gasteiger charge is -2.04. The molecule has 0 atom stereocenters. The van der Waals surface area contributed by atoms with Crippen LogP contribution in [0, 0.1) is 0 Å². The van der Waals surface area contributed by atoms with Crippen LogP contribution in [0.3, 0.4) is 0 Å². The van der Waals surface area contributed by atoms with Gasteiger partial charge in [0.15, 0.2) is 0 Å². The first kappa shape index (κ1) is 13.3. The molecule has 0 bridgehead atoms. The van der Waals surface area contributed by atoms with Crippen LogP contribution in [-0.4, -0.2) is 19.7 Å². The number of aromatic nitrogens is 4. The summed E-state index contributed by atoms with van der Waals surface area (Å²) in [5.74, 6) is 0.682. The molecule has 0 aliphatic carbocycles. The van der Waals surface area contributed by atoms with Gasteiger partial charge in [0.05, 0.1) is 5.69 Å². The summed E-state index contributed by atoms with van der Waals surface area (Å²) in [5.41, 5.74) is 10.1. The zero-order chi connectivity index (χ0) is 14.7. The van der Waals surface area contributed by atoms with Crippen molar-refractivity contribution in [3.8, 4) is 16.9 Å². The quantitative estimate of drug-likeness (QED) is 0.797. The van der Waals surface area contributed by atoms with Gasteiger partial charge in [0.2, 0.25) is 0 Å².